The monoisotopic (exact) mass is 372 g/mol. The first-order valence-corrected chi connectivity index (χ1v) is 9.73. The highest BCUT2D eigenvalue weighted by atomic mass is 32.1. The average Bonchev–Trinajstić information content (AvgIpc) is 3.31. The van der Waals surface area contributed by atoms with E-state index < -0.39 is 0 Å². The van der Waals surface area contributed by atoms with Crippen molar-refractivity contribution in [3.05, 3.63) is 58.4 Å². The molecule has 1 amide bonds. The van der Waals surface area contributed by atoms with Crippen LogP contribution in [0.25, 0.3) is 9.88 Å². The van der Waals surface area contributed by atoms with Crippen molar-refractivity contribution < 1.29 is 9.53 Å². The topological polar surface area (TPSA) is 42.4 Å². The van der Waals surface area contributed by atoms with E-state index >= 15 is 0 Å². The summed E-state index contributed by atoms with van der Waals surface area (Å²) in [4.78, 5) is 20.2. The lowest BCUT2D eigenvalue weighted by atomic mass is 10.1. The van der Waals surface area contributed by atoms with Gasteiger partial charge in [-0.15, -0.1) is 22.7 Å². The summed E-state index contributed by atoms with van der Waals surface area (Å²) in [5, 5.41) is 4.97. The van der Waals surface area contributed by atoms with E-state index in [9.17, 15) is 4.79 Å². The Hall–Kier alpha value is -2.18. The van der Waals surface area contributed by atoms with Crippen LogP contribution in [0.5, 0.6) is 5.75 Å². The van der Waals surface area contributed by atoms with Crippen molar-refractivity contribution in [3.63, 3.8) is 0 Å². The van der Waals surface area contributed by atoms with Gasteiger partial charge in [-0.05, 0) is 24.4 Å². The highest BCUT2D eigenvalue weighted by Crippen LogP contribution is 2.30. The van der Waals surface area contributed by atoms with Crippen LogP contribution in [0.2, 0.25) is 0 Å². The van der Waals surface area contributed by atoms with Crippen molar-refractivity contribution in [2.45, 2.75) is 19.4 Å². The van der Waals surface area contributed by atoms with E-state index in [1.165, 1.54) is 0 Å². The molecule has 0 radical (unpaired) electrons. The van der Waals surface area contributed by atoms with Gasteiger partial charge in [-0.25, -0.2) is 4.98 Å². The third kappa shape index (κ3) is 3.91. The summed E-state index contributed by atoms with van der Waals surface area (Å²) in [5.74, 6) is 0.838. The molecule has 0 aliphatic rings. The number of benzene rings is 1. The van der Waals surface area contributed by atoms with E-state index in [4.69, 9.17) is 4.74 Å². The minimum absolute atomic E-state index is 0.0430. The molecule has 130 valence electrons. The quantitative estimate of drug-likeness (QED) is 0.633. The van der Waals surface area contributed by atoms with Crippen LogP contribution in [0, 0.1) is 0 Å². The summed E-state index contributed by atoms with van der Waals surface area (Å²) in [6.07, 6.45) is 0.303. The number of hydrogen-bond donors (Lipinski definition) is 0. The second-order valence-electron chi connectivity index (χ2n) is 5.72. The molecule has 6 heteroatoms. The molecule has 1 unspecified atom stereocenters. The second kappa shape index (κ2) is 7.80. The number of carbonyl (C=O) groups is 1. The molecule has 0 spiro atoms. The molecule has 0 fully saturated rings. The van der Waals surface area contributed by atoms with E-state index in [0.717, 1.165) is 26.9 Å². The van der Waals surface area contributed by atoms with Crippen LogP contribution in [0.4, 0.5) is 0 Å². The molecule has 4 nitrogen and oxygen atoms in total. The second-order valence-corrected chi connectivity index (χ2v) is 7.53. The van der Waals surface area contributed by atoms with E-state index in [1.807, 2.05) is 61.1 Å². The van der Waals surface area contributed by atoms with Gasteiger partial charge in [-0.1, -0.05) is 24.3 Å². The van der Waals surface area contributed by atoms with Crippen molar-refractivity contribution in [2.24, 2.45) is 0 Å². The fraction of sp³-hybridized carbons (Fsp3) is 0.263. The summed E-state index contributed by atoms with van der Waals surface area (Å²) in [6, 6.07) is 11.8. The Morgan fingerprint density at radius 1 is 1.24 bits per heavy atom. The predicted octanol–water partition coefficient (Wildman–Crippen LogP) is 4.64. The molecule has 1 atom stereocenters. The van der Waals surface area contributed by atoms with Gasteiger partial charge >= 0.3 is 0 Å². The first-order valence-electron chi connectivity index (χ1n) is 7.97. The molecule has 3 aromatic rings. The molecule has 0 bridgehead atoms. The SMILES string of the molecule is COc1ccccc1C(C)N(C)C(=O)Cc1csc(-c2cccs2)n1. The van der Waals surface area contributed by atoms with E-state index in [0.29, 0.717) is 6.42 Å². The molecule has 3 rings (SSSR count). The molecule has 0 aliphatic carbocycles. The van der Waals surface area contributed by atoms with Gasteiger partial charge in [0.2, 0.25) is 5.91 Å². The lowest BCUT2D eigenvalue weighted by Crippen LogP contribution is -2.31. The Morgan fingerprint density at radius 2 is 2.04 bits per heavy atom. The highest BCUT2D eigenvalue weighted by Gasteiger charge is 2.21. The van der Waals surface area contributed by atoms with Crippen LogP contribution in [-0.4, -0.2) is 29.9 Å². The Morgan fingerprint density at radius 3 is 2.76 bits per heavy atom. The van der Waals surface area contributed by atoms with Crippen LogP contribution >= 0.6 is 22.7 Å². The van der Waals surface area contributed by atoms with Crippen molar-refractivity contribution in [2.75, 3.05) is 14.2 Å². The number of para-hydroxylation sites is 1. The maximum Gasteiger partial charge on any atom is 0.228 e. The fourth-order valence-electron chi connectivity index (χ4n) is 2.62. The Bertz CT molecular complexity index is 843. The van der Waals surface area contributed by atoms with Gasteiger partial charge in [-0.2, -0.15) is 0 Å². The number of thiazole rings is 1. The largest absolute Gasteiger partial charge is 0.496 e. The van der Waals surface area contributed by atoms with Crippen molar-refractivity contribution in [3.8, 4) is 15.6 Å². The smallest absolute Gasteiger partial charge is 0.228 e. The van der Waals surface area contributed by atoms with Gasteiger partial charge in [-0.3, -0.25) is 4.79 Å². The molecule has 0 aliphatic heterocycles. The zero-order valence-electron chi connectivity index (χ0n) is 14.4. The minimum atomic E-state index is -0.0703. The molecule has 0 saturated carbocycles. The molecule has 1 aromatic carbocycles. The normalized spacial score (nSPS) is 12.0. The molecule has 2 heterocycles. The van der Waals surface area contributed by atoms with Gasteiger partial charge in [0.15, 0.2) is 0 Å². The van der Waals surface area contributed by atoms with Crippen LogP contribution in [0.3, 0.4) is 0 Å². The van der Waals surface area contributed by atoms with E-state index in [-0.39, 0.29) is 11.9 Å². The average molecular weight is 373 g/mol. The van der Waals surface area contributed by atoms with Gasteiger partial charge in [0.1, 0.15) is 10.8 Å². The van der Waals surface area contributed by atoms with Crippen molar-refractivity contribution in [1.82, 2.24) is 9.88 Å². The number of likely N-dealkylation sites (N-methyl/N-ethyl adjacent to an activating group) is 1. The summed E-state index contributed by atoms with van der Waals surface area (Å²) in [5.41, 5.74) is 1.82. The van der Waals surface area contributed by atoms with Gasteiger partial charge in [0, 0.05) is 18.0 Å². The maximum absolute atomic E-state index is 12.7. The molecule has 25 heavy (non-hydrogen) atoms. The van der Waals surface area contributed by atoms with E-state index in [1.54, 1.807) is 34.7 Å². The summed E-state index contributed by atoms with van der Waals surface area (Å²) in [6.45, 7) is 2.01. The fourth-order valence-corrected chi connectivity index (χ4v) is 4.25. The lowest BCUT2D eigenvalue weighted by Gasteiger charge is -2.26. The third-order valence-corrected chi connectivity index (χ3v) is 6.11. The number of aromatic nitrogens is 1. The minimum Gasteiger partial charge on any atom is -0.496 e. The Balaban J connectivity index is 1.70. The lowest BCUT2D eigenvalue weighted by molar-refractivity contribution is -0.131. The third-order valence-electron chi connectivity index (χ3n) is 4.18. The standard InChI is InChI=1S/C19H20N2O2S2/c1-13(15-7-4-5-8-16(15)23-3)21(2)18(22)11-14-12-25-19(20-14)17-9-6-10-24-17/h4-10,12-13H,11H2,1-3H3. The predicted molar refractivity (Wildman–Crippen MR) is 103 cm³/mol. The molecule has 0 saturated heterocycles. The number of carbonyl (C=O) groups excluding carboxylic acids is 1. The number of rotatable bonds is 6. The number of ether oxygens (including phenoxy) is 1. The van der Waals surface area contributed by atoms with Gasteiger partial charge < -0.3 is 9.64 Å². The number of hydrogen-bond acceptors (Lipinski definition) is 5. The number of methoxy groups -OCH3 is 1. The number of thiophene rings is 1. The van der Waals surface area contributed by atoms with Crippen molar-refractivity contribution in [1.29, 1.82) is 0 Å². The molecule has 2 aromatic heterocycles. The molecular formula is C19H20N2O2S2. The van der Waals surface area contributed by atoms with Crippen LogP contribution in [0.15, 0.2) is 47.2 Å². The first kappa shape index (κ1) is 17.6. The summed E-state index contributed by atoms with van der Waals surface area (Å²) >= 11 is 3.24. The van der Waals surface area contributed by atoms with Crippen molar-refractivity contribution >= 4 is 28.6 Å². The maximum atomic E-state index is 12.7. The highest BCUT2D eigenvalue weighted by molar-refractivity contribution is 7.20. The number of amides is 1. The van der Waals surface area contributed by atoms with Crippen LogP contribution in [0.1, 0.15) is 24.2 Å². The Kier molecular flexibility index (Phi) is 5.50. The number of nitrogens with zero attached hydrogens (tertiary/aromatic N) is 2. The summed E-state index contributed by atoms with van der Waals surface area (Å²) in [7, 11) is 3.47. The van der Waals surface area contributed by atoms with Crippen LogP contribution < -0.4 is 4.74 Å². The van der Waals surface area contributed by atoms with E-state index in [2.05, 4.69) is 4.98 Å². The Labute approximate surface area is 155 Å². The molecule has 0 N–H and O–H groups in total. The van der Waals surface area contributed by atoms with Gasteiger partial charge in [0.05, 0.1) is 30.1 Å². The van der Waals surface area contributed by atoms with Crippen LogP contribution in [-0.2, 0) is 11.2 Å². The molecular weight excluding hydrogens is 352 g/mol. The zero-order valence-corrected chi connectivity index (χ0v) is 16.1. The first-order chi connectivity index (χ1) is 12.1. The zero-order chi connectivity index (χ0) is 17.8. The summed E-state index contributed by atoms with van der Waals surface area (Å²) < 4.78 is 5.41. The van der Waals surface area contributed by atoms with Gasteiger partial charge in [0.25, 0.3) is 0 Å².